The van der Waals surface area contributed by atoms with Crippen LogP contribution < -0.4 is 4.72 Å². The molecule has 0 radical (unpaired) electrons. The highest BCUT2D eigenvalue weighted by Gasteiger charge is 1.99. The van der Waals surface area contributed by atoms with Gasteiger partial charge in [0.05, 0.1) is 0 Å². The molecule has 1 rings (SSSR count). The maximum atomic E-state index is 3.70. The number of hydrogen-bond donors (Lipinski definition) is 1. The zero-order valence-corrected chi connectivity index (χ0v) is 5.01. The first-order valence-electron chi connectivity index (χ1n) is 2.09. The van der Waals surface area contributed by atoms with Gasteiger partial charge < -0.3 is 4.72 Å². The van der Waals surface area contributed by atoms with Gasteiger partial charge in [-0.25, -0.2) is 0 Å². The summed E-state index contributed by atoms with van der Waals surface area (Å²) in [5, 5.41) is 0. The van der Waals surface area contributed by atoms with E-state index < -0.39 is 0 Å². The topological polar surface area (TPSA) is 12.0 Å². The predicted molar refractivity (Wildman–Crippen MR) is 33.6 cm³/mol. The minimum atomic E-state index is 1.00. The zero-order chi connectivity index (χ0) is 5.28. The van der Waals surface area contributed by atoms with Crippen molar-refractivity contribution in [2.24, 2.45) is 0 Å². The van der Waals surface area contributed by atoms with Gasteiger partial charge >= 0.3 is 0 Å². The van der Waals surface area contributed by atoms with E-state index in [0.29, 0.717) is 0 Å². The van der Waals surface area contributed by atoms with E-state index in [2.05, 4.69) is 18.2 Å². The third kappa shape index (κ3) is 0.996. The first-order valence-corrected chi connectivity index (χ1v) is 2.91. The van der Waals surface area contributed by atoms with Crippen LogP contribution in [0.25, 0.3) is 0 Å². The van der Waals surface area contributed by atoms with Crippen LogP contribution in [0.15, 0.2) is 23.3 Å². The third-order valence-electron chi connectivity index (χ3n) is 0.721. The fraction of sp³-hybridized carbons (Fsp3) is 0.200. The van der Waals surface area contributed by atoms with Gasteiger partial charge in [0.2, 0.25) is 0 Å². The quantitative estimate of drug-likeness (QED) is 0.479. The van der Waals surface area contributed by atoms with E-state index in [4.69, 9.17) is 0 Å². The van der Waals surface area contributed by atoms with E-state index in [-0.39, 0.29) is 0 Å². The van der Waals surface area contributed by atoms with Crippen molar-refractivity contribution in [3.05, 3.63) is 23.3 Å². The van der Waals surface area contributed by atoms with Gasteiger partial charge in [-0.3, -0.25) is 0 Å². The lowest BCUT2D eigenvalue weighted by Gasteiger charge is -1.87. The Morgan fingerprint density at radius 2 is 2.57 bits per heavy atom. The SMILES string of the molecule is C=C1C=C(C)SN1. The Morgan fingerprint density at radius 1 is 1.86 bits per heavy atom. The molecule has 1 heterocycles. The molecule has 0 unspecified atom stereocenters. The van der Waals surface area contributed by atoms with E-state index in [0.717, 1.165) is 5.70 Å². The van der Waals surface area contributed by atoms with E-state index in [1.165, 1.54) is 4.91 Å². The third-order valence-corrected chi connectivity index (χ3v) is 1.52. The maximum absolute atomic E-state index is 3.70. The number of hydrogen-bond acceptors (Lipinski definition) is 2. The molecule has 0 aromatic rings. The average Bonchev–Trinajstić information content (AvgIpc) is 1.87. The van der Waals surface area contributed by atoms with Gasteiger partial charge in [-0.15, -0.1) is 0 Å². The van der Waals surface area contributed by atoms with Gasteiger partial charge in [-0.1, -0.05) is 6.58 Å². The van der Waals surface area contributed by atoms with E-state index in [1.807, 2.05) is 6.08 Å². The van der Waals surface area contributed by atoms with Crippen molar-refractivity contribution in [3.63, 3.8) is 0 Å². The van der Waals surface area contributed by atoms with Crippen LogP contribution in [0.3, 0.4) is 0 Å². The number of allylic oxidation sites excluding steroid dienone is 2. The van der Waals surface area contributed by atoms with Gasteiger partial charge in [0.1, 0.15) is 0 Å². The Labute approximate surface area is 47.6 Å². The van der Waals surface area contributed by atoms with Crippen LogP contribution in [-0.4, -0.2) is 0 Å². The highest BCUT2D eigenvalue weighted by Crippen LogP contribution is 2.20. The Morgan fingerprint density at radius 3 is 2.71 bits per heavy atom. The average molecular weight is 113 g/mol. The lowest BCUT2D eigenvalue weighted by molar-refractivity contribution is 1.34. The molecule has 1 N–H and O–H groups in total. The van der Waals surface area contributed by atoms with Crippen molar-refractivity contribution in [3.8, 4) is 0 Å². The Kier molecular flexibility index (Phi) is 1.11. The van der Waals surface area contributed by atoms with Crippen molar-refractivity contribution in [1.82, 2.24) is 4.72 Å². The molecule has 1 aliphatic heterocycles. The summed E-state index contributed by atoms with van der Waals surface area (Å²) in [5.41, 5.74) is 1.00. The van der Waals surface area contributed by atoms with Crippen LogP contribution in [0, 0.1) is 0 Å². The van der Waals surface area contributed by atoms with Crippen LogP contribution >= 0.6 is 11.9 Å². The molecule has 38 valence electrons. The van der Waals surface area contributed by atoms with Gasteiger partial charge in [-0.05, 0) is 24.9 Å². The zero-order valence-electron chi connectivity index (χ0n) is 4.19. The summed E-state index contributed by atoms with van der Waals surface area (Å²) < 4.78 is 3.00. The first-order chi connectivity index (χ1) is 3.29. The van der Waals surface area contributed by atoms with Gasteiger partial charge in [0, 0.05) is 10.6 Å². The Balaban J connectivity index is 2.67. The smallest absolute Gasteiger partial charge is 0.0379 e. The molecular weight excluding hydrogens is 106 g/mol. The summed E-state index contributed by atoms with van der Waals surface area (Å²) in [6.07, 6.45) is 2.02. The van der Waals surface area contributed by atoms with Crippen molar-refractivity contribution in [1.29, 1.82) is 0 Å². The molecule has 0 fully saturated rings. The van der Waals surface area contributed by atoms with Crippen LogP contribution in [0.1, 0.15) is 6.92 Å². The van der Waals surface area contributed by atoms with Crippen molar-refractivity contribution >= 4 is 11.9 Å². The molecule has 7 heavy (non-hydrogen) atoms. The van der Waals surface area contributed by atoms with Crippen molar-refractivity contribution < 1.29 is 0 Å². The first kappa shape index (κ1) is 4.78. The molecule has 0 bridgehead atoms. The lowest BCUT2D eigenvalue weighted by atomic mass is 10.4. The summed E-state index contributed by atoms with van der Waals surface area (Å²) >= 11 is 1.62. The minimum Gasteiger partial charge on any atom is -0.326 e. The molecule has 0 aromatic heterocycles. The number of nitrogens with one attached hydrogen (secondary N) is 1. The van der Waals surface area contributed by atoms with Gasteiger partial charge in [0.15, 0.2) is 0 Å². The van der Waals surface area contributed by atoms with E-state index >= 15 is 0 Å². The molecule has 0 spiro atoms. The largest absolute Gasteiger partial charge is 0.326 e. The maximum Gasteiger partial charge on any atom is 0.0379 e. The van der Waals surface area contributed by atoms with Crippen LogP contribution in [0.5, 0.6) is 0 Å². The standard InChI is InChI=1S/C5H7NS/c1-4-3-5(2)7-6-4/h3,6H,1H2,2H3. The fourth-order valence-electron chi connectivity index (χ4n) is 0.450. The fourth-order valence-corrected chi connectivity index (χ4v) is 1.00. The Hall–Kier alpha value is -0.370. The van der Waals surface area contributed by atoms with Crippen molar-refractivity contribution in [2.75, 3.05) is 0 Å². The normalized spacial score (nSPS) is 19.0. The van der Waals surface area contributed by atoms with Crippen molar-refractivity contribution in [2.45, 2.75) is 6.92 Å². The van der Waals surface area contributed by atoms with Gasteiger partial charge in [-0.2, -0.15) is 0 Å². The molecule has 0 amide bonds. The Bertz CT molecular complexity index is 126. The van der Waals surface area contributed by atoms with E-state index in [9.17, 15) is 0 Å². The summed E-state index contributed by atoms with van der Waals surface area (Å²) in [6.45, 7) is 5.75. The lowest BCUT2D eigenvalue weighted by Crippen LogP contribution is -1.89. The van der Waals surface area contributed by atoms with Gasteiger partial charge in [0.25, 0.3) is 0 Å². The minimum absolute atomic E-state index is 1.00. The molecule has 2 heteroatoms. The summed E-state index contributed by atoms with van der Waals surface area (Å²) in [7, 11) is 0. The second-order valence-corrected chi connectivity index (χ2v) is 2.54. The van der Waals surface area contributed by atoms with Crippen LogP contribution in [-0.2, 0) is 0 Å². The molecule has 1 aliphatic rings. The molecular formula is C5H7NS. The summed E-state index contributed by atoms with van der Waals surface area (Å²) in [4.78, 5) is 1.28. The predicted octanol–water partition coefficient (Wildman–Crippen LogP) is 1.66. The summed E-state index contributed by atoms with van der Waals surface area (Å²) in [6, 6.07) is 0. The molecule has 1 nitrogen and oxygen atoms in total. The van der Waals surface area contributed by atoms with E-state index in [1.54, 1.807) is 11.9 Å². The highest BCUT2D eigenvalue weighted by atomic mass is 32.2. The molecule has 0 aromatic carbocycles. The summed E-state index contributed by atoms with van der Waals surface area (Å²) in [5.74, 6) is 0. The van der Waals surface area contributed by atoms with Crippen LogP contribution in [0.4, 0.5) is 0 Å². The number of rotatable bonds is 0. The van der Waals surface area contributed by atoms with Crippen LogP contribution in [0.2, 0.25) is 0 Å². The second-order valence-electron chi connectivity index (χ2n) is 1.48. The second kappa shape index (κ2) is 1.62. The molecule has 0 saturated heterocycles. The molecule has 0 aliphatic carbocycles. The monoisotopic (exact) mass is 113 g/mol. The highest BCUT2D eigenvalue weighted by molar-refractivity contribution is 8.01. The molecule has 0 saturated carbocycles. The molecule has 0 atom stereocenters.